The molecule has 0 bridgehead atoms. The van der Waals surface area contributed by atoms with Crippen LogP contribution in [0.1, 0.15) is 17.7 Å². The van der Waals surface area contributed by atoms with E-state index in [1.54, 1.807) is 12.3 Å². The first-order valence-electron chi connectivity index (χ1n) is 5.80. The molecule has 0 aliphatic heterocycles. The standard InChI is InChI=1S/C14H14BrFO2/c15-14-10(3-1-5-13(14)16)9-11(17)6-7-12-4-2-8-18-12/h1-5,8,11,17H,6-7,9H2. The van der Waals surface area contributed by atoms with Gasteiger partial charge in [0.15, 0.2) is 0 Å². The molecule has 4 heteroatoms. The number of aryl methyl sites for hydroxylation is 1. The fraction of sp³-hybridized carbons (Fsp3) is 0.286. The van der Waals surface area contributed by atoms with Crippen molar-refractivity contribution in [2.75, 3.05) is 0 Å². The summed E-state index contributed by atoms with van der Waals surface area (Å²) in [6.45, 7) is 0. The Morgan fingerprint density at radius 2 is 2.11 bits per heavy atom. The van der Waals surface area contributed by atoms with Gasteiger partial charge in [-0.2, -0.15) is 0 Å². The highest BCUT2D eigenvalue weighted by molar-refractivity contribution is 9.10. The molecular weight excluding hydrogens is 299 g/mol. The van der Waals surface area contributed by atoms with Gasteiger partial charge >= 0.3 is 0 Å². The number of furan rings is 1. The molecule has 0 fully saturated rings. The lowest BCUT2D eigenvalue weighted by atomic mass is 10.0. The molecular formula is C14H14BrFO2. The Balaban J connectivity index is 1.90. The molecule has 1 N–H and O–H groups in total. The average molecular weight is 313 g/mol. The van der Waals surface area contributed by atoms with Crippen LogP contribution in [0.3, 0.4) is 0 Å². The van der Waals surface area contributed by atoms with Crippen LogP contribution in [-0.2, 0) is 12.8 Å². The molecule has 1 aromatic carbocycles. The summed E-state index contributed by atoms with van der Waals surface area (Å²) in [6.07, 6.45) is 2.81. The van der Waals surface area contributed by atoms with Crippen molar-refractivity contribution < 1.29 is 13.9 Å². The zero-order chi connectivity index (χ0) is 13.0. The predicted octanol–water partition coefficient (Wildman–Crippen LogP) is 3.72. The molecule has 0 radical (unpaired) electrons. The van der Waals surface area contributed by atoms with Gasteiger partial charge in [0, 0.05) is 6.42 Å². The van der Waals surface area contributed by atoms with Crippen LogP contribution in [0.4, 0.5) is 4.39 Å². The van der Waals surface area contributed by atoms with Gasteiger partial charge < -0.3 is 9.52 Å². The maximum absolute atomic E-state index is 13.3. The molecule has 0 spiro atoms. The molecule has 1 aromatic heterocycles. The van der Waals surface area contributed by atoms with Crippen molar-refractivity contribution in [2.24, 2.45) is 0 Å². The first-order valence-corrected chi connectivity index (χ1v) is 6.59. The van der Waals surface area contributed by atoms with Gasteiger partial charge in [-0.3, -0.25) is 0 Å². The number of aliphatic hydroxyl groups is 1. The molecule has 2 rings (SSSR count). The van der Waals surface area contributed by atoms with Crippen molar-refractivity contribution in [3.63, 3.8) is 0 Å². The average Bonchev–Trinajstić information content (AvgIpc) is 2.86. The summed E-state index contributed by atoms with van der Waals surface area (Å²) in [5, 5.41) is 9.93. The molecule has 96 valence electrons. The Kier molecular flexibility index (Phi) is 4.55. The molecule has 2 nitrogen and oxygen atoms in total. The van der Waals surface area contributed by atoms with Crippen molar-refractivity contribution in [1.29, 1.82) is 0 Å². The van der Waals surface area contributed by atoms with Crippen molar-refractivity contribution >= 4 is 15.9 Å². The minimum Gasteiger partial charge on any atom is -0.469 e. The fourth-order valence-electron chi connectivity index (χ4n) is 1.83. The summed E-state index contributed by atoms with van der Waals surface area (Å²) in [6, 6.07) is 8.55. The Morgan fingerprint density at radius 3 is 2.83 bits per heavy atom. The Hall–Kier alpha value is -1.13. The van der Waals surface area contributed by atoms with Gasteiger partial charge in [0.05, 0.1) is 16.8 Å². The van der Waals surface area contributed by atoms with Gasteiger partial charge in [0.1, 0.15) is 11.6 Å². The number of aliphatic hydroxyl groups excluding tert-OH is 1. The zero-order valence-corrected chi connectivity index (χ0v) is 11.4. The maximum atomic E-state index is 13.3. The number of halogens is 2. The molecule has 0 aliphatic carbocycles. The third-order valence-electron chi connectivity index (χ3n) is 2.79. The highest BCUT2D eigenvalue weighted by Gasteiger charge is 2.11. The first-order chi connectivity index (χ1) is 8.66. The van der Waals surface area contributed by atoms with Crippen LogP contribution < -0.4 is 0 Å². The molecule has 18 heavy (non-hydrogen) atoms. The second-order valence-corrected chi connectivity index (χ2v) is 4.98. The molecule has 0 saturated heterocycles. The topological polar surface area (TPSA) is 33.4 Å². The lowest BCUT2D eigenvalue weighted by Gasteiger charge is -2.11. The van der Waals surface area contributed by atoms with Gasteiger partial charge in [0.25, 0.3) is 0 Å². The van der Waals surface area contributed by atoms with E-state index in [1.165, 1.54) is 6.07 Å². The Labute approximate surface area is 114 Å². The minimum absolute atomic E-state index is 0.300. The Bertz CT molecular complexity index is 497. The monoisotopic (exact) mass is 312 g/mol. The van der Waals surface area contributed by atoms with Crippen molar-refractivity contribution in [3.05, 3.63) is 58.2 Å². The predicted molar refractivity (Wildman–Crippen MR) is 70.8 cm³/mol. The molecule has 0 aliphatic rings. The minimum atomic E-state index is -0.506. The second kappa shape index (κ2) is 6.16. The van der Waals surface area contributed by atoms with Crippen molar-refractivity contribution in [2.45, 2.75) is 25.4 Å². The third kappa shape index (κ3) is 3.43. The quantitative estimate of drug-likeness (QED) is 0.913. The van der Waals surface area contributed by atoms with Gasteiger partial charge in [-0.05, 0) is 52.5 Å². The van der Waals surface area contributed by atoms with E-state index in [-0.39, 0.29) is 5.82 Å². The largest absolute Gasteiger partial charge is 0.469 e. The number of hydrogen-bond acceptors (Lipinski definition) is 2. The summed E-state index contributed by atoms with van der Waals surface area (Å²) in [5.74, 6) is 0.554. The molecule has 2 aromatic rings. The SMILES string of the molecule is OC(CCc1ccco1)Cc1cccc(F)c1Br. The molecule has 0 amide bonds. The van der Waals surface area contributed by atoms with Gasteiger partial charge in [0.2, 0.25) is 0 Å². The van der Waals surface area contributed by atoms with Crippen LogP contribution in [0, 0.1) is 5.82 Å². The summed E-state index contributed by atoms with van der Waals surface area (Å²) in [7, 11) is 0. The maximum Gasteiger partial charge on any atom is 0.137 e. The fourth-order valence-corrected chi connectivity index (χ4v) is 2.25. The van der Waals surface area contributed by atoms with E-state index < -0.39 is 6.10 Å². The lowest BCUT2D eigenvalue weighted by Crippen LogP contribution is -2.12. The number of benzene rings is 1. The Morgan fingerprint density at radius 1 is 1.28 bits per heavy atom. The highest BCUT2D eigenvalue weighted by atomic mass is 79.9. The van der Waals surface area contributed by atoms with Gasteiger partial charge in [-0.15, -0.1) is 0 Å². The van der Waals surface area contributed by atoms with Crippen molar-refractivity contribution in [3.8, 4) is 0 Å². The number of hydrogen-bond donors (Lipinski definition) is 1. The lowest BCUT2D eigenvalue weighted by molar-refractivity contribution is 0.162. The van der Waals surface area contributed by atoms with E-state index in [1.807, 2.05) is 18.2 Å². The normalized spacial score (nSPS) is 12.6. The van der Waals surface area contributed by atoms with E-state index >= 15 is 0 Å². The summed E-state index contributed by atoms with van der Waals surface area (Å²) < 4.78 is 18.9. The molecule has 1 atom stereocenters. The van der Waals surface area contributed by atoms with E-state index in [9.17, 15) is 9.50 Å². The van der Waals surface area contributed by atoms with Crippen LogP contribution in [-0.4, -0.2) is 11.2 Å². The van der Waals surface area contributed by atoms with Crippen molar-refractivity contribution in [1.82, 2.24) is 0 Å². The molecule has 1 heterocycles. The summed E-state index contributed by atoms with van der Waals surface area (Å²) in [5.41, 5.74) is 0.780. The van der Waals surface area contributed by atoms with Crippen LogP contribution in [0.15, 0.2) is 45.5 Å². The van der Waals surface area contributed by atoms with E-state index in [2.05, 4.69) is 15.9 Å². The molecule has 0 saturated carbocycles. The van der Waals surface area contributed by atoms with Crippen LogP contribution in [0.2, 0.25) is 0 Å². The van der Waals surface area contributed by atoms with Gasteiger partial charge in [-0.25, -0.2) is 4.39 Å². The van der Waals surface area contributed by atoms with Crippen LogP contribution >= 0.6 is 15.9 Å². The van der Waals surface area contributed by atoms with E-state index in [0.717, 1.165) is 11.3 Å². The first kappa shape index (κ1) is 13.3. The summed E-state index contributed by atoms with van der Waals surface area (Å²) >= 11 is 3.19. The second-order valence-electron chi connectivity index (χ2n) is 4.19. The molecule has 1 unspecified atom stereocenters. The smallest absolute Gasteiger partial charge is 0.137 e. The number of rotatable bonds is 5. The third-order valence-corrected chi connectivity index (χ3v) is 3.68. The zero-order valence-electron chi connectivity index (χ0n) is 9.77. The van der Waals surface area contributed by atoms with E-state index in [0.29, 0.717) is 23.7 Å². The summed E-state index contributed by atoms with van der Waals surface area (Å²) in [4.78, 5) is 0. The van der Waals surface area contributed by atoms with Crippen LogP contribution in [0.5, 0.6) is 0 Å². The van der Waals surface area contributed by atoms with Crippen LogP contribution in [0.25, 0.3) is 0 Å². The van der Waals surface area contributed by atoms with E-state index in [4.69, 9.17) is 4.42 Å². The van der Waals surface area contributed by atoms with Gasteiger partial charge in [-0.1, -0.05) is 12.1 Å². The highest BCUT2D eigenvalue weighted by Crippen LogP contribution is 2.22.